The Kier molecular flexibility index (Phi) is 5.88. The molecule has 6 nitrogen and oxygen atoms in total. The van der Waals surface area contributed by atoms with Gasteiger partial charge in [0.05, 0.1) is 24.6 Å². The number of hydrazine groups is 1. The minimum absolute atomic E-state index is 0.0364. The Morgan fingerprint density at radius 2 is 2.00 bits per heavy atom. The number of benzene rings is 1. The molecule has 0 saturated carbocycles. The summed E-state index contributed by atoms with van der Waals surface area (Å²) < 4.78 is 8.23. The first-order chi connectivity index (χ1) is 12.1. The maximum atomic E-state index is 12.2. The molecule has 25 heavy (non-hydrogen) atoms. The fourth-order valence-electron chi connectivity index (χ4n) is 3.04. The van der Waals surface area contributed by atoms with Crippen LogP contribution in [0.5, 0.6) is 0 Å². The first-order valence-electron chi connectivity index (χ1n) is 8.48. The van der Waals surface area contributed by atoms with Gasteiger partial charge in [-0.15, -0.1) is 0 Å². The number of carbonyl (C=O) groups excluding carboxylic acids is 1. The van der Waals surface area contributed by atoms with E-state index in [0.717, 1.165) is 40.2 Å². The third-order valence-electron chi connectivity index (χ3n) is 4.42. The summed E-state index contributed by atoms with van der Waals surface area (Å²) in [5.41, 5.74) is 7.13. The third-order valence-corrected chi connectivity index (χ3v) is 5.09. The molecule has 1 aromatic heterocycles. The molecule has 1 fully saturated rings. The van der Waals surface area contributed by atoms with Gasteiger partial charge in [0.25, 0.3) is 0 Å². The molecular weight excluding hydrogens is 384 g/mol. The van der Waals surface area contributed by atoms with Gasteiger partial charge in [0.15, 0.2) is 0 Å². The van der Waals surface area contributed by atoms with Gasteiger partial charge in [0.2, 0.25) is 5.91 Å². The molecule has 1 aromatic carbocycles. The molecule has 0 spiro atoms. The highest BCUT2D eigenvalue weighted by molar-refractivity contribution is 9.10. The number of hydrogen-bond acceptors (Lipinski definition) is 4. The number of nitrogens with zero attached hydrogens (tertiary/aromatic N) is 3. The number of morpholine rings is 1. The Morgan fingerprint density at radius 1 is 1.28 bits per heavy atom. The standard InChI is InChI=1S/C18H23BrN4O2/c1-13-15(7-8-18(24)21-22-9-11-25-12-10-22)14(2)23(20-13)17-6-4-3-5-16(17)19/h3-6H,7-12H2,1-2H3,(H,21,24). The number of aryl methyl sites for hydroxylation is 1. The molecule has 0 radical (unpaired) electrons. The summed E-state index contributed by atoms with van der Waals surface area (Å²) in [4.78, 5) is 12.2. The molecule has 1 aliphatic heterocycles. The van der Waals surface area contributed by atoms with Gasteiger partial charge in [0.1, 0.15) is 0 Å². The topological polar surface area (TPSA) is 59.4 Å². The van der Waals surface area contributed by atoms with E-state index < -0.39 is 0 Å². The van der Waals surface area contributed by atoms with Crippen LogP contribution in [-0.2, 0) is 16.0 Å². The highest BCUT2D eigenvalue weighted by atomic mass is 79.9. The molecule has 0 aliphatic carbocycles. The van der Waals surface area contributed by atoms with E-state index in [9.17, 15) is 4.79 Å². The lowest BCUT2D eigenvalue weighted by molar-refractivity contribution is -0.127. The SMILES string of the molecule is Cc1nn(-c2ccccc2Br)c(C)c1CCC(=O)NN1CCOCC1. The summed E-state index contributed by atoms with van der Waals surface area (Å²) in [6.45, 7) is 6.85. The van der Waals surface area contributed by atoms with Gasteiger partial charge in [-0.3, -0.25) is 10.2 Å². The zero-order chi connectivity index (χ0) is 17.8. The normalized spacial score (nSPS) is 15.3. The van der Waals surface area contributed by atoms with Crippen LogP contribution in [0.25, 0.3) is 5.69 Å². The maximum Gasteiger partial charge on any atom is 0.234 e. The van der Waals surface area contributed by atoms with E-state index in [1.54, 1.807) is 0 Å². The number of halogens is 1. The van der Waals surface area contributed by atoms with E-state index in [2.05, 4.69) is 33.4 Å². The molecule has 0 atom stereocenters. The highest BCUT2D eigenvalue weighted by Gasteiger charge is 2.17. The highest BCUT2D eigenvalue weighted by Crippen LogP contribution is 2.24. The molecule has 1 aliphatic rings. The van der Waals surface area contributed by atoms with Crippen molar-refractivity contribution < 1.29 is 9.53 Å². The van der Waals surface area contributed by atoms with Crippen molar-refractivity contribution in [1.29, 1.82) is 0 Å². The number of rotatable bonds is 5. The number of aromatic nitrogens is 2. The lowest BCUT2D eigenvalue weighted by Gasteiger charge is -2.26. The van der Waals surface area contributed by atoms with Crippen molar-refractivity contribution in [2.24, 2.45) is 0 Å². The molecule has 1 amide bonds. The van der Waals surface area contributed by atoms with Crippen molar-refractivity contribution in [1.82, 2.24) is 20.2 Å². The number of ether oxygens (including phenoxy) is 1. The van der Waals surface area contributed by atoms with E-state index in [0.29, 0.717) is 26.1 Å². The minimum Gasteiger partial charge on any atom is -0.379 e. The largest absolute Gasteiger partial charge is 0.379 e. The van der Waals surface area contributed by atoms with Gasteiger partial charge in [-0.1, -0.05) is 12.1 Å². The second-order valence-electron chi connectivity index (χ2n) is 6.15. The Hall–Kier alpha value is -1.70. The van der Waals surface area contributed by atoms with Crippen LogP contribution in [0, 0.1) is 13.8 Å². The molecule has 2 aromatic rings. The third kappa shape index (κ3) is 4.29. The quantitative estimate of drug-likeness (QED) is 0.828. The van der Waals surface area contributed by atoms with Crippen molar-refractivity contribution in [2.45, 2.75) is 26.7 Å². The Bertz CT molecular complexity index is 754. The summed E-state index contributed by atoms with van der Waals surface area (Å²) in [6, 6.07) is 8.00. The van der Waals surface area contributed by atoms with E-state index >= 15 is 0 Å². The average Bonchev–Trinajstić information content (AvgIpc) is 2.88. The van der Waals surface area contributed by atoms with Crippen LogP contribution in [0.15, 0.2) is 28.7 Å². The van der Waals surface area contributed by atoms with Crippen molar-refractivity contribution >= 4 is 21.8 Å². The van der Waals surface area contributed by atoms with Gasteiger partial charge >= 0.3 is 0 Å². The van der Waals surface area contributed by atoms with Crippen molar-refractivity contribution in [3.8, 4) is 5.69 Å². The fourth-order valence-corrected chi connectivity index (χ4v) is 3.49. The second-order valence-corrected chi connectivity index (χ2v) is 7.00. The van der Waals surface area contributed by atoms with Crippen LogP contribution in [0.2, 0.25) is 0 Å². The molecule has 0 bridgehead atoms. The van der Waals surface area contributed by atoms with Crippen LogP contribution in [0.4, 0.5) is 0 Å². The zero-order valence-electron chi connectivity index (χ0n) is 14.6. The van der Waals surface area contributed by atoms with Gasteiger partial charge in [-0.25, -0.2) is 9.69 Å². The first kappa shape index (κ1) is 18.1. The predicted octanol–water partition coefficient (Wildman–Crippen LogP) is 2.55. The molecule has 0 unspecified atom stereocenters. The van der Waals surface area contributed by atoms with Gasteiger partial charge < -0.3 is 4.74 Å². The van der Waals surface area contributed by atoms with Crippen LogP contribution in [0.1, 0.15) is 23.4 Å². The molecular formula is C18H23BrN4O2. The van der Waals surface area contributed by atoms with Gasteiger partial charge in [-0.05, 0) is 53.9 Å². The molecule has 7 heteroatoms. The number of amides is 1. The smallest absolute Gasteiger partial charge is 0.234 e. The summed E-state index contributed by atoms with van der Waals surface area (Å²) in [7, 11) is 0. The van der Waals surface area contributed by atoms with Crippen LogP contribution in [0.3, 0.4) is 0 Å². The van der Waals surface area contributed by atoms with E-state index in [-0.39, 0.29) is 5.91 Å². The summed E-state index contributed by atoms with van der Waals surface area (Å²) in [6.07, 6.45) is 1.12. The molecule has 134 valence electrons. The van der Waals surface area contributed by atoms with Crippen LogP contribution < -0.4 is 5.43 Å². The fraction of sp³-hybridized carbons (Fsp3) is 0.444. The Morgan fingerprint density at radius 3 is 2.72 bits per heavy atom. The predicted molar refractivity (Wildman–Crippen MR) is 99.6 cm³/mol. The number of nitrogens with one attached hydrogen (secondary N) is 1. The molecule has 2 heterocycles. The van der Waals surface area contributed by atoms with Crippen molar-refractivity contribution in [3.05, 3.63) is 45.7 Å². The average molecular weight is 407 g/mol. The number of para-hydroxylation sites is 1. The second kappa shape index (κ2) is 8.12. The minimum atomic E-state index is 0.0364. The van der Waals surface area contributed by atoms with Crippen molar-refractivity contribution in [2.75, 3.05) is 26.3 Å². The summed E-state index contributed by atoms with van der Waals surface area (Å²) >= 11 is 3.58. The molecule has 3 rings (SSSR count). The van der Waals surface area contributed by atoms with Crippen LogP contribution >= 0.6 is 15.9 Å². The lowest BCUT2D eigenvalue weighted by Crippen LogP contribution is -2.48. The molecule has 1 N–H and O–H groups in total. The summed E-state index contributed by atoms with van der Waals surface area (Å²) in [5, 5.41) is 6.59. The first-order valence-corrected chi connectivity index (χ1v) is 9.27. The van der Waals surface area contributed by atoms with Gasteiger partial charge in [-0.2, -0.15) is 5.10 Å². The maximum absolute atomic E-state index is 12.2. The zero-order valence-corrected chi connectivity index (χ0v) is 16.2. The molecule has 1 saturated heterocycles. The van der Waals surface area contributed by atoms with E-state index in [4.69, 9.17) is 4.74 Å². The van der Waals surface area contributed by atoms with E-state index in [1.807, 2.05) is 40.9 Å². The van der Waals surface area contributed by atoms with Crippen molar-refractivity contribution in [3.63, 3.8) is 0 Å². The number of hydrogen-bond donors (Lipinski definition) is 1. The van der Waals surface area contributed by atoms with Crippen LogP contribution in [-0.4, -0.2) is 47.0 Å². The monoisotopic (exact) mass is 406 g/mol. The summed E-state index contributed by atoms with van der Waals surface area (Å²) in [5.74, 6) is 0.0364. The van der Waals surface area contributed by atoms with Gasteiger partial charge in [0, 0.05) is 29.7 Å². The Labute approximate surface area is 156 Å². The Balaban J connectivity index is 1.67. The van der Waals surface area contributed by atoms with E-state index in [1.165, 1.54) is 0 Å². The number of carbonyl (C=O) groups is 1. The lowest BCUT2D eigenvalue weighted by atomic mass is 10.1.